The molecule has 28 heavy (non-hydrogen) atoms. The summed E-state index contributed by atoms with van der Waals surface area (Å²) in [6.07, 6.45) is -0.394. The molecule has 1 amide bonds. The molecule has 1 aliphatic rings. The molecule has 0 bridgehead atoms. The molecule has 8 heteroatoms. The number of carbonyl (C=O) groups excluding carboxylic acids is 1. The Balaban J connectivity index is 1.61. The first-order valence-electron chi connectivity index (χ1n) is 8.74. The van der Waals surface area contributed by atoms with Crippen molar-refractivity contribution in [3.63, 3.8) is 0 Å². The number of methoxy groups -OCH3 is 1. The van der Waals surface area contributed by atoms with Crippen molar-refractivity contribution in [3.8, 4) is 17.0 Å². The Morgan fingerprint density at radius 3 is 2.93 bits per heavy atom. The van der Waals surface area contributed by atoms with E-state index < -0.39 is 17.8 Å². The van der Waals surface area contributed by atoms with Gasteiger partial charge < -0.3 is 10.1 Å². The van der Waals surface area contributed by atoms with Gasteiger partial charge in [-0.05, 0) is 36.4 Å². The molecule has 6 nitrogen and oxygen atoms in total. The minimum absolute atomic E-state index is 0.0952. The Bertz CT molecular complexity index is 1030. The van der Waals surface area contributed by atoms with Crippen molar-refractivity contribution >= 4 is 5.91 Å². The largest absolute Gasteiger partial charge is 0.497 e. The van der Waals surface area contributed by atoms with Crippen LogP contribution in [0.3, 0.4) is 0 Å². The van der Waals surface area contributed by atoms with Crippen molar-refractivity contribution in [3.05, 3.63) is 71.4 Å². The van der Waals surface area contributed by atoms with Crippen LogP contribution in [-0.4, -0.2) is 29.3 Å². The first kappa shape index (κ1) is 18.1. The second-order valence-electron chi connectivity index (χ2n) is 6.43. The zero-order valence-electron chi connectivity index (χ0n) is 15.1. The fourth-order valence-electron chi connectivity index (χ4n) is 3.16. The van der Waals surface area contributed by atoms with Gasteiger partial charge in [-0.3, -0.25) is 10.1 Å². The van der Waals surface area contributed by atoms with Crippen LogP contribution >= 0.6 is 0 Å². The van der Waals surface area contributed by atoms with Crippen LogP contribution in [0.25, 0.3) is 11.3 Å². The highest BCUT2D eigenvalue weighted by Gasteiger charge is 2.27. The Kier molecular flexibility index (Phi) is 4.79. The first-order valence-corrected chi connectivity index (χ1v) is 8.74. The quantitative estimate of drug-likeness (QED) is 0.710. The summed E-state index contributed by atoms with van der Waals surface area (Å²) in [7, 11) is 1.58. The van der Waals surface area contributed by atoms with Gasteiger partial charge in [0, 0.05) is 17.7 Å². The van der Waals surface area contributed by atoms with Gasteiger partial charge in [-0.2, -0.15) is 5.10 Å². The summed E-state index contributed by atoms with van der Waals surface area (Å²) in [5.41, 5.74) is 2.03. The lowest BCUT2D eigenvalue weighted by atomic mass is 10.1. The number of rotatable bonds is 5. The van der Waals surface area contributed by atoms with Crippen LogP contribution < -0.4 is 15.4 Å². The van der Waals surface area contributed by atoms with E-state index in [1.165, 1.54) is 0 Å². The Morgan fingerprint density at radius 2 is 2.11 bits per heavy atom. The molecule has 2 heterocycles. The number of carbonyl (C=O) groups is 1. The van der Waals surface area contributed by atoms with E-state index in [-0.39, 0.29) is 24.6 Å². The van der Waals surface area contributed by atoms with Crippen molar-refractivity contribution in [2.24, 2.45) is 0 Å². The summed E-state index contributed by atoms with van der Waals surface area (Å²) in [5.74, 6) is -0.553. The molecule has 0 saturated heterocycles. The van der Waals surface area contributed by atoms with Crippen LogP contribution in [0.2, 0.25) is 0 Å². The number of nitrogens with one attached hydrogen (secondary N) is 2. The zero-order valence-corrected chi connectivity index (χ0v) is 15.1. The average molecular weight is 384 g/mol. The molecule has 0 fully saturated rings. The standard InChI is InChI=1S/C20H18F2N4O2/c1-28-15-4-2-3-12(8-15)17-9-18-20(27)24-11-19(26(18)25-17)23-10-13-7-14(21)5-6-16(13)22/h2-9,19,23H,10-11H2,1H3,(H,24,27)/t19-/m1/s1. The number of nitrogens with zero attached hydrogens (tertiary/aromatic N) is 2. The third kappa shape index (κ3) is 3.46. The SMILES string of the molecule is COc1cccc(-c2cc3n(n2)[C@@H](NCc2cc(F)ccc2F)CNC3=O)c1. The number of hydrogen-bond acceptors (Lipinski definition) is 4. The average Bonchev–Trinajstić information content (AvgIpc) is 3.16. The van der Waals surface area contributed by atoms with E-state index in [0.717, 1.165) is 23.8 Å². The molecular weight excluding hydrogens is 366 g/mol. The molecule has 0 radical (unpaired) electrons. The van der Waals surface area contributed by atoms with Crippen molar-refractivity contribution < 1.29 is 18.3 Å². The first-order chi connectivity index (χ1) is 13.5. The van der Waals surface area contributed by atoms with E-state index in [2.05, 4.69) is 15.7 Å². The molecule has 0 saturated carbocycles. The number of hydrogen-bond donors (Lipinski definition) is 2. The van der Waals surface area contributed by atoms with Crippen molar-refractivity contribution in [1.29, 1.82) is 0 Å². The van der Waals surface area contributed by atoms with E-state index >= 15 is 0 Å². The summed E-state index contributed by atoms with van der Waals surface area (Å²) in [6.45, 7) is 0.375. The van der Waals surface area contributed by atoms with Gasteiger partial charge in [0.1, 0.15) is 29.2 Å². The summed E-state index contributed by atoms with van der Waals surface area (Å²) in [5, 5.41) is 10.5. The molecule has 144 valence electrons. The van der Waals surface area contributed by atoms with E-state index in [0.29, 0.717) is 17.1 Å². The number of amides is 1. The fraction of sp³-hybridized carbons (Fsp3) is 0.200. The lowest BCUT2D eigenvalue weighted by Crippen LogP contribution is -2.45. The molecular formula is C20H18F2N4O2. The van der Waals surface area contributed by atoms with Gasteiger partial charge in [-0.1, -0.05) is 12.1 Å². The molecule has 0 unspecified atom stereocenters. The number of aromatic nitrogens is 2. The number of fused-ring (bicyclic) bond motifs is 1. The van der Waals surface area contributed by atoms with Gasteiger partial charge in [0.2, 0.25) is 0 Å². The van der Waals surface area contributed by atoms with Gasteiger partial charge in [0.05, 0.1) is 19.3 Å². The second kappa shape index (κ2) is 7.40. The van der Waals surface area contributed by atoms with Crippen LogP contribution in [0.15, 0.2) is 48.5 Å². The van der Waals surface area contributed by atoms with Gasteiger partial charge >= 0.3 is 0 Å². The maximum atomic E-state index is 13.9. The van der Waals surface area contributed by atoms with E-state index in [1.807, 2.05) is 24.3 Å². The van der Waals surface area contributed by atoms with E-state index in [4.69, 9.17) is 4.74 Å². The van der Waals surface area contributed by atoms with Crippen LogP contribution in [0, 0.1) is 11.6 Å². The van der Waals surface area contributed by atoms with Crippen LogP contribution in [0.1, 0.15) is 22.2 Å². The maximum absolute atomic E-state index is 13.9. The third-order valence-electron chi connectivity index (χ3n) is 4.62. The van der Waals surface area contributed by atoms with Crippen molar-refractivity contribution in [2.75, 3.05) is 13.7 Å². The molecule has 3 aromatic rings. The second-order valence-corrected chi connectivity index (χ2v) is 6.43. The molecule has 2 aromatic carbocycles. The number of halogens is 2. The monoisotopic (exact) mass is 384 g/mol. The van der Waals surface area contributed by atoms with E-state index in [9.17, 15) is 13.6 Å². The molecule has 1 aromatic heterocycles. The van der Waals surface area contributed by atoms with Gasteiger partial charge in [0.15, 0.2) is 0 Å². The summed E-state index contributed by atoms with van der Waals surface area (Å²) in [6, 6.07) is 12.4. The smallest absolute Gasteiger partial charge is 0.269 e. The highest BCUT2D eigenvalue weighted by Crippen LogP contribution is 2.26. The molecule has 0 aliphatic carbocycles. The third-order valence-corrected chi connectivity index (χ3v) is 4.62. The zero-order chi connectivity index (χ0) is 19.7. The molecule has 4 rings (SSSR count). The Morgan fingerprint density at radius 1 is 1.25 bits per heavy atom. The fourth-order valence-corrected chi connectivity index (χ4v) is 3.16. The normalized spacial score (nSPS) is 15.8. The van der Waals surface area contributed by atoms with E-state index in [1.54, 1.807) is 17.9 Å². The molecule has 1 aliphatic heterocycles. The lowest BCUT2D eigenvalue weighted by Gasteiger charge is -2.26. The maximum Gasteiger partial charge on any atom is 0.269 e. The predicted octanol–water partition coefficient (Wildman–Crippen LogP) is 2.87. The lowest BCUT2D eigenvalue weighted by molar-refractivity contribution is 0.0900. The molecule has 2 N–H and O–H groups in total. The topological polar surface area (TPSA) is 68.2 Å². The minimum Gasteiger partial charge on any atom is -0.497 e. The van der Waals surface area contributed by atoms with Gasteiger partial charge in [0.25, 0.3) is 5.91 Å². The van der Waals surface area contributed by atoms with Crippen LogP contribution in [-0.2, 0) is 6.54 Å². The van der Waals surface area contributed by atoms with Gasteiger partial charge in [-0.25, -0.2) is 13.5 Å². The van der Waals surface area contributed by atoms with Crippen molar-refractivity contribution in [2.45, 2.75) is 12.7 Å². The molecule has 0 spiro atoms. The highest BCUT2D eigenvalue weighted by molar-refractivity contribution is 5.94. The van der Waals surface area contributed by atoms with Crippen LogP contribution in [0.4, 0.5) is 8.78 Å². The van der Waals surface area contributed by atoms with Gasteiger partial charge in [-0.15, -0.1) is 0 Å². The Labute approximate surface area is 160 Å². The Hall–Kier alpha value is -3.26. The minimum atomic E-state index is -0.504. The highest BCUT2D eigenvalue weighted by atomic mass is 19.1. The summed E-state index contributed by atoms with van der Waals surface area (Å²) in [4.78, 5) is 12.2. The van der Waals surface area contributed by atoms with Crippen LogP contribution in [0.5, 0.6) is 5.75 Å². The summed E-state index contributed by atoms with van der Waals surface area (Å²) < 4.78 is 34.1. The number of ether oxygens (including phenoxy) is 1. The summed E-state index contributed by atoms with van der Waals surface area (Å²) >= 11 is 0. The molecule has 1 atom stereocenters. The number of benzene rings is 2. The van der Waals surface area contributed by atoms with Crippen molar-refractivity contribution in [1.82, 2.24) is 20.4 Å². The predicted molar refractivity (Wildman–Crippen MR) is 98.8 cm³/mol.